The van der Waals surface area contributed by atoms with Gasteiger partial charge in [-0.25, -0.2) is 13.2 Å². The van der Waals surface area contributed by atoms with Crippen molar-refractivity contribution in [1.82, 2.24) is 10.2 Å². The van der Waals surface area contributed by atoms with Crippen molar-refractivity contribution < 1.29 is 18.0 Å². The van der Waals surface area contributed by atoms with Gasteiger partial charge >= 0.3 is 6.03 Å². The number of nitrogens with zero attached hydrogens (tertiary/aromatic N) is 1. The number of hydrogen-bond donors (Lipinski definition) is 2. The van der Waals surface area contributed by atoms with E-state index in [0.717, 1.165) is 11.3 Å². The molecular weight excluding hydrogens is 350 g/mol. The zero-order valence-electron chi connectivity index (χ0n) is 13.6. The molecule has 0 spiro atoms. The van der Waals surface area contributed by atoms with Gasteiger partial charge in [-0.05, 0) is 43.0 Å². The van der Waals surface area contributed by atoms with Crippen LogP contribution >= 0.6 is 11.8 Å². The van der Waals surface area contributed by atoms with Crippen molar-refractivity contribution in [3.05, 3.63) is 29.8 Å². The van der Waals surface area contributed by atoms with Gasteiger partial charge < -0.3 is 5.32 Å². The Labute approximate surface area is 146 Å². The minimum absolute atomic E-state index is 0.00532. The molecule has 1 aromatic rings. The summed E-state index contributed by atoms with van der Waals surface area (Å²) in [4.78, 5) is 25.4. The summed E-state index contributed by atoms with van der Waals surface area (Å²) in [6.45, 7) is 1.73. The quantitative estimate of drug-likeness (QED) is 0.677. The second-order valence-corrected chi connectivity index (χ2v) is 8.41. The van der Waals surface area contributed by atoms with Crippen LogP contribution in [0.15, 0.2) is 24.3 Å². The first-order chi connectivity index (χ1) is 11.4. The van der Waals surface area contributed by atoms with Crippen LogP contribution in [0.3, 0.4) is 0 Å². The summed E-state index contributed by atoms with van der Waals surface area (Å²) >= 11 is 1.63. The number of urea groups is 1. The van der Waals surface area contributed by atoms with E-state index in [2.05, 4.69) is 10.0 Å². The lowest BCUT2D eigenvalue weighted by molar-refractivity contribution is -0.127. The molecule has 3 amide bonds. The first kappa shape index (κ1) is 18.6. The molecule has 0 aliphatic carbocycles. The van der Waals surface area contributed by atoms with Gasteiger partial charge in [-0.15, -0.1) is 0 Å². The lowest BCUT2D eigenvalue weighted by Gasteiger charge is -2.13. The number of thioether (sulfide) groups is 1. The lowest BCUT2D eigenvalue weighted by atomic mass is 10.2. The van der Waals surface area contributed by atoms with E-state index in [9.17, 15) is 18.0 Å². The van der Waals surface area contributed by atoms with E-state index in [-0.39, 0.29) is 24.2 Å². The molecule has 0 saturated carbocycles. The largest absolute Gasteiger partial charge is 0.326 e. The van der Waals surface area contributed by atoms with Crippen molar-refractivity contribution in [2.45, 2.75) is 25.9 Å². The zero-order valence-corrected chi connectivity index (χ0v) is 15.2. The molecule has 0 unspecified atom stereocenters. The topological polar surface area (TPSA) is 95.6 Å². The number of anilines is 1. The van der Waals surface area contributed by atoms with Crippen molar-refractivity contribution in [2.75, 3.05) is 22.5 Å². The predicted molar refractivity (Wildman–Crippen MR) is 95.4 cm³/mol. The first-order valence-electron chi connectivity index (χ1n) is 7.56. The van der Waals surface area contributed by atoms with E-state index in [1.807, 2.05) is 6.26 Å². The van der Waals surface area contributed by atoms with Crippen LogP contribution in [0, 0.1) is 0 Å². The molecule has 0 aromatic heterocycles. The average Bonchev–Trinajstić information content (AvgIpc) is 2.82. The Bertz CT molecular complexity index is 704. The molecule has 1 aliphatic heterocycles. The summed E-state index contributed by atoms with van der Waals surface area (Å²) in [6, 6.07) is 5.79. The van der Waals surface area contributed by atoms with Gasteiger partial charge in [0, 0.05) is 5.69 Å². The summed E-state index contributed by atoms with van der Waals surface area (Å²) in [5, 5.41) is 2.69. The van der Waals surface area contributed by atoms with Crippen LogP contribution in [-0.4, -0.2) is 49.1 Å². The molecule has 2 N–H and O–H groups in total. The monoisotopic (exact) mass is 371 g/mol. The van der Waals surface area contributed by atoms with Crippen LogP contribution in [0.4, 0.5) is 10.5 Å². The number of imide groups is 1. The third-order valence-electron chi connectivity index (χ3n) is 3.67. The lowest BCUT2D eigenvalue weighted by Crippen LogP contribution is -2.31. The molecule has 7 nitrogen and oxygen atoms in total. The summed E-state index contributed by atoms with van der Waals surface area (Å²) in [7, 11) is -3.32. The number of amides is 3. The van der Waals surface area contributed by atoms with E-state index < -0.39 is 16.1 Å². The van der Waals surface area contributed by atoms with Crippen molar-refractivity contribution >= 4 is 39.4 Å². The number of carbonyl (C=O) groups excluding carboxylic acids is 2. The van der Waals surface area contributed by atoms with Crippen LogP contribution in [0.25, 0.3) is 0 Å². The molecule has 24 heavy (non-hydrogen) atoms. The van der Waals surface area contributed by atoms with Crippen molar-refractivity contribution in [3.8, 4) is 0 Å². The second kappa shape index (κ2) is 7.89. The smallest absolute Gasteiger partial charge is 0.325 e. The molecule has 0 radical (unpaired) electrons. The highest BCUT2D eigenvalue weighted by Crippen LogP contribution is 2.17. The third kappa shape index (κ3) is 4.64. The van der Waals surface area contributed by atoms with E-state index in [4.69, 9.17) is 0 Å². The summed E-state index contributed by atoms with van der Waals surface area (Å²) in [5.74, 6) is 0.579. The number of benzene rings is 1. The Morgan fingerprint density at radius 2 is 1.92 bits per heavy atom. The predicted octanol–water partition coefficient (Wildman–Crippen LogP) is 1.62. The molecule has 1 aliphatic rings. The number of hydrogen-bond acceptors (Lipinski definition) is 5. The summed E-state index contributed by atoms with van der Waals surface area (Å²) < 4.78 is 25.5. The fourth-order valence-corrected chi connectivity index (χ4v) is 3.38. The minimum atomic E-state index is -3.32. The molecule has 1 saturated heterocycles. The van der Waals surface area contributed by atoms with E-state index >= 15 is 0 Å². The van der Waals surface area contributed by atoms with Crippen molar-refractivity contribution in [1.29, 1.82) is 0 Å². The molecule has 132 valence electrons. The van der Waals surface area contributed by atoms with Crippen LogP contribution in [0.5, 0.6) is 0 Å². The van der Waals surface area contributed by atoms with Crippen LogP contribution in [-0.2, 0) is 21.4 Å². The fraction of sp³-hybridized carbons (Fsp3) is 0.467. The molecule has 0 bridgehead atoms. The highest BCUT2D eigenvalue weighted by molar-refractivity contribution is 7.98. The molecule has 2 rings (SSSR count). The van der Waals surface area contributed by atoms with E-state index in [1.165, 1.54) is 4.90 Å². The Morgan fingerprint density at radius 1 is 1.25 bits per heavy atom. The maximum absolute atomic E-state index is 12.3. The third-order valence-corrected chi connectivity index (χ3v) is 5.62. The number of rotatable bonds is 8. The highest BCUT2D eigenvalue weighted by atomic mass is 32.2. The number of sulfonamides is 1. The maximum atomic E-state index is 12.3. The normalized spacial score (nSPS) is 17.9. The molecule has 9 heteroatoms. The number of nitrogens with one attached hydrogen (secondary N) is 2. The van der Waals surface area contributed by atoms with Gasteiger partial charge in [0.2, 0.25) is 10.0 Å². The van der Waals surface area contributed by atoms with Gasteiger partial charge in [0.25, 0.3) is 5.91 Å². The van der Waals surface area contributed by atoms with Gasteiger partial charge in [0.05, 0.1) is 12.3 Å². The Hall–Kier alpha value is -1.74. The molecule has 1 heterocycles. The van der Waals surface area contributed by atoms with Crippen molar-refractivity contribution in [3.63, 3.8) is 0 Å². The Morgan fingerprint density at radius 3 is 2.50 bits per heavy atom. The van der Waals surface area contributed by atoms with Crippen LogP contribution < -0.4 is 10.0 Å². The van der Waals surface area contributed by atoms with E-state index in [1.54, 1.807) is 43.0 Å². The van der Waals surface area contributed by atoms with Gasteiger partial charge in [-0.3, -0.25) is 14.4 Å². The Balaban J connectivity index is 2.01. The molecule has 1 fully saturated rings. The Kier molecular flexibility index (Phi) is 6.11. The van der Waals surface area contributed by atoms with Gasteiger partial charge in [-0.2, -0.15) is 11.8 Å². The van der Waals surface area contributed by atoms with E-state index in [0.29, 0.717) is 12.1 Å². The van der Waals surface area contributed by atoms with Gasteiger partial charge in [-0.1, -0.05) is 12.1 Å². The van der Waals surface area contributed by atoms with Gasteiger partial charge in [0.1, 0.15) is 6.04 Å². The summed E-state index contributed by atoms with van der Waals surface area (Å²) in [6.07, 6.45) is 2.56. The van der Waals surface area contributed by atoms with Crippen LogP contribution in [0.1, 0.15) is 18.9 Å². The minimum Gasteiger partial charge on any atom is -0.326 e. The molecular formula is C15H21N3O4S2. The SMILES string of the molecule is CCS(=O)(=O)Nc1ccc(CN2C(=O)N[C@H](CCSC)C2=O)cc1. The first-order valence-corrected chi connectivity index (χ1v) is 10.6. The van der Waals surface area contributed by atoms with Gasteiger partial charge in [0.15, 0.2) is 0 Å². The average molecular weight is 371 g/mol. The fourth-order valence-electron chi connectivity index (χ4n) is 2.27. The molecule has 1 aromatic carbocycles. The highest BCUT2D eigenvalue weighted by Gasteiger charge is 2.37. The number of carbonyl (C=O) groups is 2. The maximum Gasteiger partial charge on any atom is 0.325 e. The summed E-state index contributed by atoms with van der Waals surface area (Å²) in [5.41, 5.74) is 1.21. The standard InChI is InChI=1S/C15H21N3O4S2/c1-3-24(21,22)17-12-6-4-11(5-7-12)10-18-14(19)13(8-9-23-2)16-15(18)20/h4-7,13,17H,3,8-10H2,1-2H3,(H,16,20)/t13-/m1/s1. The second-order valence-electron chi connectivity index (χ2n) is 5.41. The van der Waals surface area contributed by atoms with Crippen LogP contribution in [0.2, 0.25) is 0 Å². The zero-order chi connectivity index (χ0) is 17.7. The van der Waals surface area contributed by atoms with Crippen molar-refractivity contribution in [2.24, 2.45) is 0 Å². The molecule has 1 atom stereocenters.